The van der Waals surface area contributed by atoms with Crippen molar-refractivity contribution in [3.8, 4) is 17.1 Å². The van der Waals surface area contributed by atoms with E-state index in [-0.39, 0.29) is 11.3 Å². The Morgan fingerprint density at radius 3 is 2.50 bits per heavy atom. The first-order valence-electron chi connectivity index (χ1n) is 10.1. The van der Waals surface area contributed by atoms with Gasteiger partial charge in [-0.05, 0) is 61.6 Å². The third-order valence-electron chi connectivity index (χ3n) is 6.53. The fourth-order valence-corrected chi connectivity index (χ4v) is 4.36. The number of benzene rings is 1. The van der Waals surface area contributed by atoms with Crippen molar-refractivity contribution in [3.63, 3.8) is 0 Å². The van der Waals surface area contributed by atoms with Crippen LogP contribution in [0.5, 0.6) is 0 Å². The van der Waals surface area contributed by atoms with E-state index in [1.54, 1.807) is 22.7 Å². The van der Waals surface area contributed by atoms with Gasteiger partial charge in [0.25, 0.3) is 0 Å². The molecule has 30 heavy (non-hydrogen) atoms. The Kier molecular flexibility index (Phi) is 3.76. The van der Waals surface area contributed by atoms with Crippen LogP contribution in [0.15, 0.2) is 36.5 Å². The Labute approximate surface area is 174 Å². The molecule has 1 amide bonds. The Balaban J connectivity index is 1.67. The van der Waals surface area contributed by atoms with Gasteiger partial charge in [-0.2, -0.15) is 9.49 Å². The first-order valence-corrected chi connectivity index (χ1v) is 10.1. The molecule has 1 aliphatic carbocycles. The number of pyridine rings is 1. The van der Waals surface area contributed by atoms with Crippen LogP contribution in [0.1, 0.15) is 51.4 Å². The van der Waals surface area contributed by atoms with Crippen LogP contribution in [0.3, 0.4) is 0 Å². The number of nitrogens with zero attached hydrogens (tertiary/aromatic N) is 5. The number of aromatic nitrogens is 4. The summed E-state index contributed by atoms with van der Waals surface area (Å²) in [4.78, 5) is 23.0. The molecular weight excluding hydrogens is 381 g/mol. The molecule has 1 aromatic carbocycles. The van der Waals surface area contributed by atoms with Crippen molar-refractivity contribution in [2.24, 2.45) is 5.41 Å². The maximum atomic E-state index is 13.4. The van der Waals surface area contributed by atoms with Gasteiger partial charge < -0.3 is 4.90 Å². The summed E-state index contributed by atoms with van der Waals surface area (Å²) in [6.07, 6.45) is 2.50. The standard InChI is InChI=1S/C23H24FN5O/c1-22(2)11-16(22)19-26-20(29(27-19)14-7-9-18(24)25-12-14)13-6-8-17-15(10-13)23(3,4)21(30)28(17)5/h6-10,12,16H,11H2,1-5H3. The summed E-state index contributed by atoms with van der Waals surface area (Å²) in [6, 6.07) is 8.91. The molecule has 7 heteroatoms. The maximum absolute atomic E-state index is 13.4. The molecule has 1 aliphatic heterocycles. The molecule has 3 aromatic rings. The zero-order valence-corrected chi connectivity index (χ0v) is 17.8. The number of halogens is 1. The molecule has 2 aliphatic rings. The van der Waals surface area contributed by atoms with Gasteiger partial charge in [0.05, 0.1) is 17.3 Å². The predicted octanol–water partition coefficient (Wildman–Crippen LogP) is 4.24. The molecule has 2 aromatic heterocycles. The summed E-state index contributed by atoms with van der Waals surface area (Å²) in [5.74, 6) is 1.28. The average Bonchev–Trinajstić information content (AvgIpc) is 3.08. The van der Waals surface area contributed by atoms with Gasteiger partial charge >= 0.3 is 0 Å². The van der Waals surface area contributed by atoms with E-state index in [9.17, 15) is 9.18 Å². The van der Waals surface area contributed by atoms with Gasteiger partial charge in [0, 0.05) is 24.2 Å². The van der Waals surface area contributed by atoms with Gasteiger partial charge in [-0.25, -0.2) is 14.6 Å². The summed E-state index contributed by atoms with van der Waals surface area (Å²) in [7, 11) is 1.80. The van der Waals surface area contributed by atoms with Gasteiger partial charge in [0.15, 0.2) is 11.6 Å². The van der Waals surface area contributed by atoms with E-state index in [0.29, 0.717) is 17.4 Å². The molecule has 5 rings (SSSR count). The number of rotatable bonds is 3. The predicted molar refractivity (Wildman–Crippen MR) is 112 cm³/mol. The van der Waals surface area contributed by atoms with Gasteiger partial charge in [0.1, 0.15) is 0 Å². The minimum atomic E-state index is -0.607. The summed E-state index contributed by atoms with van der Waals surface area (Å²) in [5, 5.41) is 4.77. The van der Waals surface area contributed by atoms with E-state index < -0.39 is 11.4 Å². The Morgan fingerprint density at radius 1 is 1.13 bits per heavy atom. The molecule has 1 atom stereocenters. The Bertz CT molecular complexity index is 1180. The van der Waals surface area contributed by atoms with Crippen molar-refractivity contribution in [3.05, 3.63) is 53.9 Å². The molecule has 0 N–H and O–H groups in total. The molecule has 0 radical (unpaired) electrons. The second-order valence-electron chi connectivity index (χ2n) is 9.51. The number of likely N-dealkylation sites (N-methyl/N-ethyl adjacent to an activating group) is 1. The fourth-order valence-electron chi connectivity index (χ4n) is 4.36. The molecule has 1 saturated carbocycles. The minimum Gasteiger partial charge on any atom is -0.314 e. The van der Waals surface area contributed by atoms with E-state index >= 15 is 0 Å². The van der Waals surface area contributed by atoms with Gasteiger partial charge in [0.2, 0.25) is 11.9 Å². The monoisotopic (exact) mass is 405 g/mol. The van der Waals surface area contributed by atoms with E-state index in [1.807, 2.05) is 32.0 Å². The molecule has 0 spiro atoms. The van der Waals surface area contributed by atoms with Crippen molar-refractivity contribution in [1.29, 1.82) is 0 Å². The van der Waals surface area contributed by atoms with Gasteiger partial charge in [-0.1, -0.05) is 13.8 Å². The van der Waals surface area contributed by atoms with Crippen LogP contribution in [0.2, 0.25) is 0 Å². The number of carbonyl (C=O) groups excluding carboxylic acids is 1. The average molecular weight is 405 g/mol. The highest BCUT2D eigenvalue weighted by atomic mass is 19.1. The summed E-state index contributed by atoms with van der Waals surface area (Å²) in [5.41, 5.74) is 2.96. The lowest BCUT2D eigenvalue weighted by atomic mass is 9.85. The molecule has 6 nitrogen and oxygen atoms in total. The lowest BCUT2D eigenvalue weighted by Crippen LogP contribution is -2.33. The molecular formula is C23H24FN5O. The number of hydrogen-bond donors (Lipinski definition) is 0. The first-order chi connectivity index (χ1) is 14.1. The quantitative estimate of drug-likeness (QED) is 0.612. The SMILES string of the molecule is CN1C(=O)C(C)(C)c2cc(-c3nc(C4CC4(C)C)nn3-c3ccc(F)nc3)ccc21. The Morgan fingerprint density at radius 2 is 1.87 bits per heavy atom. The first kappa shape index (κ1) is 18.9. The summed E-state index contributed by atoms with van der Waals surface area (Å²) < 4.78 is 15.1. The van der Waals surface area contributed by atoms with Gasteiger partial charge in [-0.15, -0.1) is 0 Å². The van der Waals surface area contributed by atoms with Crippen molar-refractivity contribution >= 4 is 11.6 Å². The maximum Gasteiger partial charge on any atom is 0.236 e. The lowest BCUT2D eigenvalue weighted by molar-refractivity contribution is -0.121. The normalized spacial score (nSPS) is 21.1. The van der Waals surface area contributed by atoms with Crippen LogP contribution in [0.25, 0.3) is 17.1 Å². The zero-order chi connectivity index (χ0) is 21.4. The summed E-state index contributed by atoms with van der Waals surface area (Å²) in [6.45, 7) is 8.29. The minimum absolute atomic E-state index is 0.0688. The highest BCUT2D eigenvalue weighted by molar-refractivity contribution is 6.07. The molecule has 154 valence electrons. The van der Waals surface area contributed by atoms with Crippen molar-refractivity contribution in [2.75, 3.05) is 11.9 Å². The fraction of sp³-hybridized carbons (Fsp3) is 0.391. The van der Waals surface area contributed by atoms with Crippen molar-refractivity contribution in [2.45, 2.75) is 45.4 Å². The van der Waals surface area contributed by atoms with Crippen molar-refractivity contribution < 1.29 is 9.18 Å². The summed E-state index contributed by atoms with van der Waals surface area (Å²) >= 11 is 0. The third kappa shape index (κ3) is 2.68. The van der Waals surface area contributed by atoms with Crippen LogP contribution < -0.4 is 4.90 Å². The van der Waals surface area contributed by atoms with E-state index in [4.69, 9.17) is 10.1 Å². The number of amides is 1. The molecule has 0 saturated heterocycles. The van der Waals surface area contributed by atoms with E-state index in [1.165, 1.54) is 12.3 Å². The largest absolute Gasteiger partial charge is 0.314 e. The second kappa shape index (κ2) is 5.97. The van der Waals surface area contributed by atoms with Crippen LogP contribution in [-0.4, -0.2) is 32.7 Å². The van der Waals surface area contributed by atoms with Crippen LogP contribution in [0, 0.1) is 11.4 Å². The van der Waals surface area contributed by atoms with Gasteiger partial charge in [-0.3, -0.25) is 4.79 Å². The Hall–Kier alpha value is -3.09. The third-order valence-corrected chi connectivity index (χ3v) is 6.53. The number of hydrogen-bond acceptors (Lipinski definition) is 4. The van der Waals surface area contributed by atoms with Crippen LogP contribution >= 0.6 is 0 Å². The van der Waals surface area contributed by atoms with Crippen LogP contribution in [0.4, 0.5) is 10.1 Å². The highest BCUT2D eigenvalue weighted by Crippen LogP contribution is 2.57. The zero-order valence-electron chi connectivity index (χ0n) is 17.8. The topological polar surface area (TPSA) is 63.9 Å². The highest BCUT2D eigenvalue weighted by Gasteiger charge is 2.49. The molecule has 3 heterocycles. The second-order valence-corrected chi connectivity index (χ2v) is 9.51. The van der Waals surface area contributed by atoms with Crippen LogP contribution in [-0.2, 0) is 10.2 Å². The molecule has 0 bridgehead atoms. The molecule has 1 unspecified atom stereocenters. The number of carbonyl (C=O) groups is 1. The van der Waals surface area contributed by atoms with E-state index in [0.717, 1.165) is 29.1 Å². The van der Waals surface area contributed by atoms with E-state index in [2.05, 4.69) is 18.8 Å². The van der Waals surface area contributed by atoms with Crippen molar-refractivity contribution in [1.82, 2.24) is 19.7 Å². The number of anilines is 1. The molecule has 1 fully saturated rings. The number of fused-ring (bicyclic) bond motifs is 1. The lowest BCUT2D eigenvalue weighted by Gasteiger charge is -2.16. The smallest absolute Gasteiger partial charge is 0.236 e.